The minimum atomic E-state index is -4.09. The number of hydrogen-bond acceptors (Lipinski definition) is 5. The molecule has 1 amide bonds. The smallest absolute Gasteiger partial charge is 0.264 e. The Balaban J connectivity index is 1.84. The fourth-order valence-electron chi connectivity index (χ4n) is 3.05. The van der Waals surface area contributed by atoms with Gasteiger partial charge in [0.2, 0.25) is 0 Å². The largest absolute Gasteiger partial charge is 0.494 e. The second-order valence-electron chi connectivity index (χ2n) is 7.14. The van der Waals surface area contributed by atoms with E-state index < -0.39 is 22.5 Å². The van der Waals surface area contributed by atoms with Crippen LogP contribution in [0.2, 0.25) is 10.0 Å². The number of nitrogens with one attached hydrogen (secondary N) is 1. The molecule has 0 spiro atoms. The molecule has 0 fully saturated rings. The highest BCUT2D eigenvalue weighted by atomic mass is 35.5. The highest BCUT2D eigenvalue weighted by Gasteiger charge is 2.27. The van der Waals surface area contributed by atoms with Crippen molar-refractivity contribution >= 4 is 50.5 Å². The van der Waals surface area contributed by atoms with Crippen molar-refractivity contribution in [2.24, 2.45) is 5.10 Å². The molecule has 3 rings (SSSR count). The van der Waals surface area contributed by atoms with Crippen LogP contribution in [0.4, 0.5) is 5.69 Å². The summed E-state index contributed by atoms with van der Waals surface area (Å²) in [5, 5.41) is 4.58. The molecule has 0 saturated heterocycles. The van der Waals surface area contributed by atoms with Crippen LogP contribution < -0.4 is 14.5 Å². The minimum absolute atomic E-state index is 0.0213. The van der Waals surface area contributed by atoms with Gasteiger partial charge in [0.25, 0.3) is 15.9 Å². The summed E-state index contributed by atoms with van der Waals surface area (Å²) >= 11 is 12.2. The first-order chi connectivity index (χ1) is 16.2. The van der Waals surface area contributed by atoms with Crippen molar-refractivity contribution in [3.05, 3.63) is 88.4 Å². The number of carbonyl (C=O) groups excluding carboxylic acids is 1. The molecule has 0 aliphatic rings. The van der Waals surface area contributed by atoms with Gasteiger partial charge in [-0.1, -0.05) is 41.4 Å². The summed E-state index contributed by atoms with van der Waals surface area (Å²) in [6, 6.07) is 19.3. The third kappa shape index (κ3) is 6.50. The van der Waals surface area contributed by atoms with Crippen LogP contribution in [0.15, 0.2) is 82.8 Å². The fraction of sp³-hybridized carbons (Fsp3) is 0.167. The average Bonchev–Trinajstić information content (AvgIpc) is 2.81. The molecular weight excluding hydrogens is 497 g/mol. The molecule has 0 heterocycles. The summed E-state index contributed by atoms with van der Waals surface area (Å²) in [5.41, 5.74) is 3.89. The Kier molecular flexibility index (Phi) is 8.55. The summed E-state index contributed by atoms with van der Waals surface area (Å²) < 4.78 is 33.1. The van der Waals surface area contributed by atoms with Crippen molar-refractivity contribution in [3.8, 4) is 5.75 Å². The maximum Gasteiger partial charge on any atom is 0.264 e. The zero-order chi connectivity index (χ0) is 24.7. The van der Waals surface area contributed by atoms with Crippen molar-refractivity contribution < 1.29 is 17.9 Å². The normalized spacial score (nSPS) is 11.7. The first-order valence-electron chi connectivity index (χ1n) is 10.3. The van der Waals surface area contributed by atoms with E-state index in [4.69, 9.17) is 27.9 Å². The minimum Gasteiger partial charge on any atom is -0.494 e. The molecule has 1 N–H and O–H groups in total. The van der Waals surface area contributed by atoms with Gasteiger partial charge >= 0.3 is 0 Å². The molecule has 10 heteroatoms. The molecule has 0 aliphatic carbocycles. The van der Waals surface area contributed by atoms with Gasteiger partial charge in [0.15, 0.2) is 0 Å². The van der Waals surface area contributed by atoms with E-state index in [0.29, 0.717) is 12.3 Å². The van der Waals surface area contributed by atoms with Crippen molar-refractivity contribution in [1.82, 2.24) is 5.43 Å². The monoisotopic (exact) mass is 519 g/mol. The van der Waals surface area contributed by atoms with Crippen LogP contribution in [0.5, 0.6) is 5.75 Å². The fourth-order valence-corrected chi connectivity index (χ4v) is 4.99. The quantitative estimate of drug-likeness (QED) is 0.313. The number of hydrazone groups is 1. The summed E-state index contributed by atoms with van der Waals surface area (Å²) in [7, 11) is -4.09. The van der Waals surface area contributed by atoms with Crippen LogP contribution in [-0.2, 0) is 14.8 Å². The number of carbonyl (C=O) groups is 1. The zero-order valence-corrected chi connectivity index (χ0v) is 20.9. The number of sulfonamides is 1. The number of hydrogen-bond donors (Lipinski definition) is 1. The number of halogens is 2. The maximum atomic E-state index is 13.3. The summed E-state index contributed by atoms with van der Waals surface area (Å²) in [6.07, 6.45) is 0. The van der Waals surface area contributed by atoms with Crippen LogP contribution in [0.3, 0.4) is 0 Å². The van der Waals surface area contributed by atoms with E-state index in [1.807, 2.05) is 19.1 Å². The third-order valence-electron chi connectivity index (χ3n) is 4.69. The topological polar surface area (TPSA) is 88.1 Å². The first-order valence-corrected chi connectivity index (χ1v) is 12.5. The predicted molar refractivity (Wildman–Crippen MR) is 135 cm³/mol. The first kappa shape index (κ1) is 25.6. The molecule has 0 aliphatic heterocycles. The van der Waals surface area contributed by atoms with Gasteiger partial charge in [0, 0.05) is 10.0 Å². The van der Waals surface area contributed by atoms with Crippen molar-refractivity contribution in [3.63, 3.8) is 0 Å². The lowest BCUT2D eigenvalue weighted by Gasteiger charge is -2.24. The van der Waals surface area contributed by atoms with Crippen molar-refractivity contribution in [2.75, 3.05) is 17.5 Å². The Bertz CT molecular complexity index is 1260. The Hall–Kier alpha value is -3.07. The molecule has 34 heavy (non-hydrogen) atoms. The van der Waals surface area contributed by atoms with E-state index in [-0.39, 0.29) is 20.6 Å². The van der Waals surface area contributed by atoms with Crippen LogP contribution >= 0.6 is 23.2 Å². The van der Waals surface area contributed by atoms with Gasteiger partial charge in [-0.15, -0.1) is 0 Å². The van der Waals surface area contributed by atoms with E-state index >= 15 is 0 Å². The number of anilines is 1. The number of rotatable bonds is 9. The van der Waals surface area contributed by atoms with Gasteiger partial charge in [0.1, 0.15) is 12.3 Å². The lowest BCUT2D eigenvalue weighted by atomic mass is 10.1. The Morgan fingerprint density at radius 3 is 2.21 bits per heavy atom. The molecule has 0 unspecified atom stereocenters. The Morgan fingerprint density at radius 1 is 1.00 bits per heavy atom. The number of nitrogens with zero attached hydrogens (tertiary/aromatic N) is 2. The molecule has 0 saturated carbocycles. The molecule has 7 nitrogen and oxygen atoms in total. The molecule has 3 aromatic rings. The van der Waals surface area contributed by atoms with E-state index in [1.165, 1.54) is 30.3 Å². The van der Waals surface area contributed by atoms with Crippen LogP contribution in [0.25, 0.3) is 0 Å². The summed E-state index contributed by atoms with van der Waals surface area (Å²) in [5.74, 6) is 0.0888. The standard InChI is InChI=1S/C24H23Cl2N3O4S/c1-3-33-22-11-9-18(10-12-22)17(2)27-28-24(30)16-29(21-14-19(25)13-20(26)15-21)34(31,32)23-7-5-4-6-8-23/h4-15H,3,16H2,1-2H3,(H,28,30)/b27-17-. The average molecular weight is 520 g/mol. The third-order valence-corrected chi connectivity index (χ3v) is 6.91. The second-order valence-corrected chi connectivity index (χ2v) is 9.88. The van der Waals surface area contributed by atoms with Crippen LogP contribution in [0.1, 0.15) is 19.4 Å². The van der Waals surface area contributed by atoms with Gasteiger partial charge in [0.05, 0.1) is 22.9 Å². The lowest BCUT2D eigenvalue weighted by Crippen LogP contribution is -2.39. The van der Waals surface area contributed by atoms with E-state index in [0.717, 1.165) is 15.6 Å². The van der Waals surface area contributed by atoms with Gasteiger partial charge in [-0.25, -0.2) is 13.8 Å². The van der Waals surface area contributed by atoms with E-state index in [2.05, 4.69) is 10.5 Å². The van der Waals surface area contributed by atoms with E-state index in [9.17, 15) is 13.2 Å². The molecule has 3 aromatic carbocycles. The molecule has 178 valence electrons. The van der Waals surface area contributed by atoms with Gasteiger partial charge in [-0.3, -0.25) is 9.10 Å². The predicted octanol–water partition coefficient (Wildman–Crippen LogP) is 5.13. The SMILES string of the molecule is CCOc1ccc(/C(C)=N\NC(=O)CN(c2cc(Cl)cc(Cl)c2)S(=O)(=O)c2ccccc2)cc1. The second kappa shape index (κ2) is 11.4. The van der Waals surface area contributed by atoms with Gasteiger partial charge in [-0.2, -0.15) is 5.10 Å². The van der Waals surface area contributed by atoms with Crippen LogP contribution in [0, 0.1) is 0 Å². The van der Waals surface area contributed by atoms with Gasteiger partial charge in [-0.05, 0) is 74.0 Å². The maximum absolute atomic E-state index is 13.3. The summed E-state index contributed by atoms with van der Waals surface area (Å²) in [4.78, 5) is 12.8. The molecule has 0 atom stereocenters. The molecule has 0 bridgehead atoms. The van der Waals surface area contributed by atoms with E-state index in [1.54, 1.807) is 37.3 Å². The number of amides is 1. The lowest BCUT2D eigenvalue weighted by molar-refractivity contribution is -0.119. The van der Waals surface area contributed by atoms with Gasteiger partial charge < -0.3 is 4.74 Å². The Morgan fingerprint density at radius 2 is 1.62 bits per heavy atom. The molecule has 0 aromatic heterocycles. The van der Waals surface area contributed by atoms with Crippen LogP contribution in [-0.4, -0.2) is 33.2 Å². The number of ether oxygens (including phenoxy) is 1. The highest BCUT2D eigenvalue weighted by molar-refractivity contribution is 7.92. The molecular formula is C24H23Cl2N3O4S. The summed E-state index contributed by atoms with van der Waals surface area (Å²) in [6.45, 7) is 3.65. The van der Waals surface area contributed by atoms with Crippen molar-refractivity contribution in [2.45, 2.75) is 18.7 Å². The Labute approximate surface area is 209 Å². The zero-order valence-electron chi connectivity index (χ0n) is 18.5. The number of benzene rings is 3. The van der Waals surface area contributed by atoms with Crippen molar-refractivity contribution in [1.29, 1.82) is 0 Å². The molecule has 0 radical (unpaired) electrons. The highest BCUT2D eigenvalue weighted by Crippen LogP contribution is 2.29.